The minimum absolute atomic E-state index is 0. The SMILES string of the molecule is CN=C(NCC(C)Sc1ccccc1)NC1CCN(CCOC(C)C)CC1.I. The predicted molar refractivity (Wildman–Crippen MR) is 132 cm³/mol. The molecule has 5 nitrogen and oxygen atoms in total. The molecule has 160 valence electrons. The highest BCUT2D eigenvalue weighted by molar-refractivity contribution is 14.0. The molecule has 1 atom stereocenters. The van der Waals surface area contributed by atoms with E-state index in [1.54, 1.807) is 0 Å². The monoisotopic (exact) mass is 520 g/mol. The Balaban J connectivity index is 0.00000392. The molecule has 1 aromatic rings. The number of likely N-dealkylation sites (tertiary alicyclic amines) is 1. The van der Waals surface area contributed by atoms with E-state index < -0.39 is 0 Å². The van der Waals surface area contributed by atoms with Gasteiger partial charge in [-0.2, -0.15) is 0 Å². The molecule has 7 heteroatoms. The van der Waals surface area contributed by atoms with Crippen LogP contribution in [0, 0.1) is 0 Å². The summed E-state index contributed by atoms with van der Waals surface area (Å²) in [7, 11) is 1.85. The van der Waals surface area contributed by atoms with Crippen LogP contribution in [0.3, 0.4) is 0 Å². The van der Waals surface area contributed by atoms with E-state index in [9.17, 15) is 0 Å². The Kier molecular flexibility index (Phi) is 13.2. The molecule has 1 aromatic carbocycles. The molecule has 1 heterocycles. The van der Waals surface area contributed by atoms with Crippen LogP contribution >= 0.6 is 35.7 Å². The maximum Gasteiger partial charge on any atom is 0.191 e. The van der Waals surface area contributed by atoms with Gasteiger partial charge in [-0.3, -0.25) is 4.99 Å². The van der Waals surface area contributed by atoms with Crippen molar-refractivity contribution >= 4 is 41.7 Å². The molecule has 0 radical (unpaired) electrons. The van der Waals surface area contributed by atoms with Crippen LogP contribution in [0.2, 0.25) is 0 Å². The van der Waals surface area contributed by atoms with Crippen LogP contribution in [0.15, 0.2) is 40.2 Å². The smallest absolute Gasteiger partial charge is 0.191 e. The molecule has 1 fully saturated rings. The van der Waals surface area contributed by atoms with Gasteiger partial charge in [0.2, 0.25) is 0 Å². The standard InChI is InChI=1S/C21H36N4OS.HI/c1-17(2)26-15-14-25-12-10-19(11-13-25)24-21(22-4)23-16-18(3)27-20-8-6-5-7-9-20;/h5-9,17-19H,10-16H2,1-4H3,(H2,22,23,24);1H. The Morgan fingerprint density at radius 1 is 1.21 bits per heavy atom. The van der Waals surface area contributed by atoms with Crippen LogP contribution in [0.25, 0.3) is 0 Å². The zero-order valence-electron chi connectivity index (χ0n) is 17.7. The van der Waals surface area contributed by atoms with E-state index in [0.29, 0.717) is 17.4 Å². The maximum atomic E-state index is 5.66. The summed E-state index contributed by atoms with van der Waals surface area (Å²) in [5.41, 5.74) is 0. The van der Waals surface area contributed by atoms with E-state index in [-0.39, 0.29) is 24.0 Å². The first kappa shape index (κ1) is 25.5. The molecule has 0 bridgehead atoms. The molecule has 0 aliphatic carbocycles. The van der Waals surface area contributed by atoms with Gasteiger partial charge in [-0.05, 0) is 38.8 Å². The molecule has 1 unspecified atom stereocenters. The molecule has 0 saturated carbocycles. The lowest BCUT2D eigenvalue weighted by atomic mass is 10.1. The first-order valence-electron chi connectivity index (χ1n) is 10.1. The molecule has 2 rings (SSSR count). The van der Waals surface area contributed by atoms with Crippen molar-refractivity contribution in [2.24, 2.45) is 4.99 Å². The third kappa shape index (κ3) is 10.3. The number of halogens is 1. The Labute approximate surface area is 192 Å². The van der Waals surface area contributed by atoms with Crippen LogP contribution in [0.5, 0.6) is 0 Å². The van der Waals surface area contributed by atoms with Crippen molar-refractivity contribution in [3.8, 4) is 0 Å². The fourth-order valence-corrected chi connectivity index (χ4v) is 4.07. The van der Waals surface area contributed by atoms with E-state index in [2.05, 4.69) is 71.6 Å². The minimum Gasteiger partial charge on any atom is -0.377 e. The van der Waals surface area contributed by atoms with Crippen LogP contribution in [0.1, 0.15) is 33.6 Å². The second-order valence-electron chi connectivity index (χ2n) is 7.37. The van der Waals surface area contributed by atoms with Crippen molar-refractivity contribution in [1.82, 2.24) is 15.5 Å². The number of rotatable bonds is 9. The maximum absolute atomic E-state index is 5.66. The number of ether oxygens (including phenoxy) is 1. The lowest BCUT2D eigenvalue weighted by Gasteiger charge is -2.33. The quantitative estimate of drug-likeness (QED) is 0.224. The van der Waals surface area contributed by atoms with Crippen molar-refractivity contribution < 1.29 is 4.74 Å². The average Bonchev–Trinajstić information content (AvgIpc) is 2.67. The molecule has 0 aromatic heterocycles. The van der Waals surface area contributed by atoms with Crippen LogP contribution < -0.4 is 10.6 Å². The zero-order chi connectivity index (χ0) is 19.5. The third-order valence-electron chi connectivity index (χ3n) is 4.65. The molecule has 28 heavy (non-hydrogen) atoms. The fourth-order valence-electron chi connectivity index (χ4n) is 3.12. The fraction of sp³-hybridized carbons (Fsp3) is 0.667. The molecule has 0 amide bonds. The van der Waals surface area contributed by atoms with E-state index in [1.807, 2.05) is 18.8 Å². The number of guanidine groups is 1. The highest BCUT2D eigenvalue weighted by Crippen LogP contribution is 2.21. The minimum atomic E-state index is 0. The van der Waals surface area contributed by atoms with Gasteiger partial charge >= 0.3 is 0 Å². The Morgan fingerprint density at radius 2 is 1.89 bits per heavy atom. The van der Waals surface area contributed by atoms with Gasteiger partial charge in [0.05, 0.1) is 12.7 Å². The number of nitrogens with zero attached hydrogens (tertiary/aromatic N) is 2. The lowest BCUT2D eigenvalue weighted by Crippen LogP contribution is -2.49. The van der Waals surface area contributed by atoms with Crippen molar-refractivity contribution in [3.05, 3.63) is 30.3 Å². The number of aliphatic imine (C=N–C) groups is 1. The van der Waals surface area contributed by atoms with Crippen molar-refractivity contribution in [3.63, 3.8) is 0 Å². The second-order valence-corrected chi connectivity index (χ2v) is 8.89. The molecule has 1 aliphatic heterocycles. The molecular weight excluding hydrogens is 483 g/mol. The lowest BCUT2D eigenvalue weighted by molar-refractivity contribution is 0.0532. The van der Waals surface area contributed by atoms with Gasteiger partial charge in [-0.25, -0.2) is 0 Å². The Bertz CT molecular complexity index is 551. The van der Waals surface area contributed by atoms with Crippen LogP contribution in [-0.2, 0) is 4.74 Å². The second kappa shape index (κ2) is 14.5. The Hall–Kier alpha value is -0.510. The number of hydrogen-bond acceptors (Lipinski definition) is 4. The summed E-state index contributed by atoms with van der Waals surface area (Å²) in [6.07, 6.45) is 2.62. The molecule has 1 aliphatic rings. The van der Waals surface area contributed by atoms with E-state index in [0.717, 1.165) is 51.6 Å². The van der Waals surface area contributed by atoms with E-state index in [4.69, 9.17) is 4.74 Å². The summed E-state index contributed by atoms with van der Waals surface area (Å²) < 4.78 is 5.66. The highest BCUT2D eigenvalue weighted by atomic mass is 127. The van der Waals surface area contributed by atoms with Gasteiger partial charge < -0.3 is 20.3 Å². The van der Waals surface area contributed by atoms with Gasteiger partial charge in [0.1, 0.15) is 0 Å². The Morgan fingerprint density at radius 3 is 2.50 bits per heavy atom. The summed E-state index contributed by atoms with van der Waals surface area (Å²) in [5, 5.41) is 7.55. The average molecular weight is 521 g/mol. The number of thioether (sulfide) groups is 1. The normalized spacial score (nSPS) is 17.2. The summed E-state index contributed by atoms with van der Waals surface area (Å²) in [4.78, 5) is 8.20. The topological polar surface area (TPSA) is 48.9 Å². The largest absolute Gasteiger partial charge is 0.377 e. The summed E-state index contributed by atoms with van der Waals surface area (Å²) in [6.45, 7) is 11.4. The number of nitrogens with one attached hydrogen (secondary N) is 2. The molecular formula is C21H37IN4OS. The van der Waals surface area contributed by atoms with Gasteiger partial charge in [0.15, 0.2) is 5.96 Å². The van der Waals surface area contributed by atoms with Gasteiger partial charge in [-0.15, -0.1) is 35.7 Å². The number of piperidine rings is 1. The zero-order valence-corrected chi connectivity index (χ0v) is 20.8. The van der Waals surface area contributed by atoms with Gasteiger partial charge in [0, 0.05) is 49.4 Å². The summed E-state index contributed by atoms with van der Waals surface area (Å²) in [5.74, 6) is 0.914. The van der Waals surface area contributed by atoms with E-state index in [1.165, 1.54) is 4.90 Å². The molecule has 0 spiro atoms. The first-order chi connectivity index (χ1) is 13.1. The summed E-state index contributed by atoms with van der Waals surface area (Å²) >= 11 is 1.89. The third-order valence-corrected chi connectivity index (χ3v) is 5.76. The summed E-state index contributed by atoms with van der Waals surface area (Å²) in [6, 6.07) is 11.0. The number of hydrogen-bond donors (Lipinski definition) is 2. The molecule has 2 N–H and O–H groups in total. The van der Waals surface area contributed by atoms with Crippen molar-refractivity contribution in [2.75, 3.05) is 39.8 Å². The van der Waals surface area contributed by atoms with Crippen molar-refractivity contribution in [2.45, 2.75) is 55.9 Å². The van der Waals surface area contributed by atoms with E-state index >= 15 is 0 Å². The number of benzene rings is 1. The van der Waals surface area contributed by atoms with Gasteiger partial charge in [-0.1, -0.05) is 25.1 Å². The molecule has 1 saturated heterocycles. The predicted octanol–water partition coefficient (Wildman–Crippen LogP) is 3.84. The van der Waals surface area contributed by atoms with Crippen LogP contribution in [0.4, 0.5) is 0 Å². The van der Waals surface area contributed by atoms with Crippen LogP contribution in [-0.4, -0.2) is 68.1 Å². The highest BCUT2D eigenvalue weighted by Gasteiger charge is 2.20. The first-order valence-corrected chi connectivity index (χ1v) is 11.0. The van der Waals surface area contributed by atoms with Crippen molar-refractivity contribution in [1.29, 1.82) is 0 Å². The van der Waals surface area contributed by atoms with Gasteiger partial charge in [0.25, 0.3) is 0 Å².